The van der Waals surface area contributed by atoms with E-state index in [1.165, 1.54) is 19.2 Å². The highest BCUT2D eigenvalue weighted by molar-refractivity contribution is 6.09. The molecule has 1 unspecified atom stereocenters. The molecule has 7 heteroatoms. The number of hydrogen-bond acceptors (Lipinski definition) is 4. The van der Waals surface area contributed by atoms with Gasteiger partial charge >= 0.3 is 0 Å². The minimum absolute atomic E-state index is 0.0910. The van der Waals surface area contributed by atoms with Crippen LogP contribution in [0.5, 0.6) is 5.75 Å². The van der Waals surface area contributed by atoms with Gasteiger partial charge in [-0.15, -0.1) is 0 Å². The summed E-state index contributed by atoms with van der Waals surface area (Å²) < 4.78 is 18.7. The summed E-state index contributed by atoms with van der Waals surface area (Å²) in [6, 6.07) is 10.0. The van der Waals surface area contributed by atoms with Crippen molar-refractivity contribution in [3.8, 4) is 5.75 Å². The van der Waals surface area contributed by atoms with Gasteiger partial charge in [-0.3, -0.25) is 9.59 Å². The Morgan fingerprint density at radius 3 is 2.52 bits per heavy atom. The topological polar surface area (TPSA) is 93.4 Å². The maximum atomic E-state index is 13.7. The number of rotatable bonds is 7. The number of anilines is 1. The van der Waals surface area contributed by atoms with Crippen LogP contribution in [-0.4, -0.2) is 31.5 Å². The third-order valence-corrected chi connectivity index (χ3v) is 4.55. The lowest BCUT2D eigenvalue weighted by Crippen LogP contribution is -2.38. The zero-order chi connectivity index (χ0) is 19.4. The van der Waals surface area contributed by atoms with Gasteiger partial charge in [-0.05, 0) is 61.2 Å². The molecule has 1 saturated carbocycles. The molecule has 0 aromatic heterocycles. The summed E-state index contributed by atoms with van der Waals surface area (Å²) in [5.74, 6) is -0.341. The molecule has 2 amide bonds. The first kappa shape index (κ1) is 18.8. The van der Waals surface area contributed by atoms with Crippen LogP contribution in [0.25, 0.3) is 0 Å². The molecular weight excluding hydrogens is 349 g/mol. The monoisotopic (exact) mass is 371 g/mol. The lowest BCUT2D eigenvalue weighted by atomic mass is 10.1. The van der Waals surface area contributed by atoms with E-state index >= 15 is 0 Å². The van der Waals surface area contributed by atoms with E-state index in [-0.39, 0.29) is 17.3 Å². The lowest BCUT2D eigenvalue weighted by Gasteiger charge is -2.14. The number of benzene rings is 2. The van der Waals surface area contributed by atoms with Crippen LogP contribution in [0.15, 0.2) is 42.5 Å². The molecule has 0 bridgehead atoms. The van der Waals surface area contributed by atoms with Gasteiger partial charge < -0.3 is 21.1 Å². The second kappa shape index (κ2) is 8.18. The molecule has 2 aromatic rings. The Labute approximate surface area is 156 Å². The second-order valence-electron chi connectivity index (χ2n) is 6.58. The maximum absolute atomic E-state index is 13.7. The number of amides is 2. The molecule has 0 aliphatic heterocycles. The molecule has 0 spiro atoms. The van der Waals surface area contributed by atoms with Crippen molar-refractivity contribution in [1.82, 2.24) is 5.32 Å². The van der Waals surface area contributed by atoms with Crippen molar-refractivity contribution in [1.29, 1.82) is 0 Å². The molecule has 1 aliphatic rings. The van der Waals surface area contributed by atoms with Crippen LogP contribution in [0.4, 0.5) is 10.1 Å². The first-order valence-corrected chi connectivity index (χ1v) is 8.76. The van der Waals surface area contributed by atoms with Gasteiger partial charge in [0.05, 0.1) is 18.4 Å². The molecular formula is C20H22FN3O3. The summed E-state index contributed by atoms with van der Waals surface area (Å²) in [5, 5.41) is 5.35. The van der Waals surface area contributed by atoms with Crippen LogP contribution >= 0.6 is 0 Å². The van der Waals surface area contributed by atoms with E-state index in [1.807, 2.05) is 0 Å². The average molecular weight is 371 g/mol. The quantitative estimate of drug-likeness (QED) is 0.697. The van der Waals surface area contributed by atoms with E-state index in [9.17, 15) is 14.0 Å². The van der Waals surface area contributed by atoms with Crippen molar-refractivity contribution in [2.24, 2.45) is 11.7 Å². The number of carbonyl (C=O) groups is 2. The van der Waals surface area contributed by atoms with Crippen molar-refractivity contribution < 1.29 is 18.7 Å². The molecule has 0 heterocycles. The second-order valence-corrected chi connectivity index (χ2v) is 6.58. The van der Waals surface area contributed by atoms with E-state index in [0.717, 1.165) is 18.9 Å². The Kier molecular flexibility index (Phi) is 5.71. The summed E-state index contributed by atoms with van der Waals surface area (Å²) in [4.78, 5) is 24.9. The minimum atomic E-state index is -0.550. The normalized spacial score (nSPS) is 14.3. The smallest absolute Gasteiger partial charge is 0.255 e. The Hall–Kier alpha value is -2.93. The van der Waals surface area contributed by atoms with Gasteiger partial charge in [0.2, 0.25) is 0 Å². The number of halogens is 1. The van der Waals surface area contributed by atoms with Gasteiger partial charge in [0.15, 0.2) is 0 Å². The van der Waals surface area contributed by atoms with E-state index in [4.69, 9.17) is 10.5 Å². The molecule has 0 radical (unpaired) electrons. The SMILES string of the molecule is COc1ccc(C(=O)Nc2cc(F)ccc2C(=O)NCC(N)C2CC2)cc1. The average Bonchev–Trinajstić information content (AvgIpc) is 3.51. The molecule has 1 aliphatic carbocycles. The third-order valence-electron chi connectivity index (χ3n) is 4.55. The fourth-order valence-corrected chi connectivity index (χ4v) is 2.75. The summed E-state index contributed by atoms with van der Waals surface area (Å²) in [6.07, 6.45) is 2.16. The van der Waals surface area contributed by atoms with Crippen molar-refractivity contribution in [3.05, 3.63) is 59.4 Å². The van der Waals surface area contributed by atoms with Crippen molar-refractivity contribution in [3.63, 3.8) is 0 Å². The number of hydrogen-bond donors (Lipinski definition) is 3. The van der Waals surface area contributed by atoms with Crippen LogP contribution in [0.3, 0.4) is 0 Å². The molecule has 142 valence electrons. The van der Waals surface area contributed by atoms with Gasteiger partial charge in [-0.1, -0.05) is 0 Å². The van der Waals surface area contributed by atoms with Crippen molar-refractivity contribution in [2.45, 2.75) is 18.9 Å². The fraction of sp³-hybridized carbons (Fsp3) is 0.300. The third kappa shape index (κ3) is 4.83. The zero-order valence-corrected chi connectivity index (χ0v) is 15.0. The first-order valence-electron chi connectivity index (χ1n) is 8.76. The fourth-order valence-electron chi connectivity index (χ4n) is 2.75. The summed E-state index contributed by atoms with van der Waals surface area (Å²) >= 11 is 0. The first-order chi connectivity index (χ1) is 13.0. The number of nitrogens with two attached hydrogens (primary N) is 1. The highest BCUT2D eigenvalue weighted by Crippen LogP contribution is 2.31. The van der Waals surface area contributed by atoms with Gasteiger partial charge in [0.1, 0.15) is 11.6 Å². The maximum Gasteiger partial charge on any atom is 0.255 e. The van der Waals surface area contributed by atoms with Crippen LogP contribution in [-0.2, 0) is 0 Å². The van der Waals surface area contributed by atoms with Crippen LogP contribution in [0.2, 0.25) is 0 Å². The predicted octanol–water partition coefficient (Wildman–Crippen LogP) is 2.55. The van der Waals surface area contributed by atoms with Gasteiger partial charge in [0, 0.05) is 18.2 Å². The molecule has 3 rings (SSSR count). The molecule has 6 nitrogen and oxygen atoms in total. The van der Waals surface area contributed by atoms with Crippen molar-refractivity contribution >= 4 is 17.5 Å². The number of carbonyl (C=O) groups excluding carboxylic acids is 2. The minimum Gasteiger partial charge on any atom is -0.497 e. The Bertz CT molecular complexity index is 835. The molecule has 27 heavy (non-hydrogen) atoms. The molecule has 2 aromatic carbocycles. The van der Waals surface area contributed by atoms with E-state index in [2.05, 4.69) is 10.6 Å². The summed E-state index contributed by atoms with van der Waals surface area (Å²) in [5.41, 5.74) is 6.64. The van der Waals surface area contributed by atoms with Crippen LogP contribution < -0.4 is 21.1 Å². The van der Waals surface area contributed by atoms with E-state index < -0.39 is 17.6 Å². The Balaban J connectivity index is 1.72. The predicted molar refractivity (Wildman–Crippen MR) is 100 cm³/mol. The Morgan fingerprint density at radius 2 is 1.89 bits per heavy atom. The van der Waals surface area contributed by atoms with E-state index in [0.29, 0.717) is 23.8 Å². The van der Waals surface area contributed by atoms with Crippen molar-refractivity contribution in [2.75, 3.05) is 19.0 Å². The standard InChI is InChI=1S/C20H22FN3O3/c1-27-15-7-4-13(5-8-15)19(25)24-18-10-14(21)6-9-16(18)20(26)23-11-17(22)12-2-3-12/h4-10,12,17H,2-3,11,22H2,1H3,(H,23,26)(H,24,25). The number of methoxy groups -OCH3 is 1. The van der Waals surface area contributed by atoms with E-state index in [1.54, 1.807) is 24.3 Å². The number of nitrogens with one attached hydrogen (secondary N) is 2. The highest BCUT2D eigenvalue weighted by atomic mass is 19.1. The molecule has 4 N–H and O–H groups in total. The largest absolute Gasteiger partial charge is 0.497 e. The van der Waals surface area contributed by atoms with Gasteiger partial charge in [0.25, 0.3) is 11.8 Å². The van der Waals surface area contributed by atoms with Crippen LogP contribution in [0.1, 0.15) is 33.6 Å². The highest BCUT2D eigenvalue weighted by Gasteiger charge is 2.28. The lowest BCUT2D eigenvalue weighted by molar-refractivity contribution is 0.0951. The van der Waals surface area contributed by atoms with Gasteiger partial charge in [-0.25, -0.2) is 4.39 Å². The zero-order valence-electron chi connectivity index (χ0n) is 15.0. The van der Waals surface area contributed by atoms with Gasteiger partial charge in [-0.2, -0.15) is 0 Å². The molecule has 1 fully saturated rings. The molecule has 0 saturated heterocycles. The molecule has 1 atom stereocenters. The summed E-state index contributed by atoms with van der Waals surface area (Å²) in [6.45, 7) is 0.340. The van der Waals surface area contributed by atoms with Crippen LogP contribution in [0, 0.1) is 11.7 Å². The summed E-state index contributed by atoms with van der Waals surface area (Å²) in [7, 11) is 1.53. The number of ether oxygens (including phenoxy) is 1. The Morgan fingerprint density at radius 1 is 1.19 bits per heavy atom.